The Morgan fingerprint density at radius 1 is 1.05 bits per heavy atom. The molecule has 7 heteroatoms. The Bertz CT molecular complexity index is 620. The molecule has 0 radical (unpaired) electrons. The fourth-order valence-electron chi connectivity index (χ4n) is 2.41. The lowest BCUT2D eigenvalue weighted by atomic mass is 10.1. The summed E-state index contributed by atoms with van der Waals surface area (Å²) in [7, 11) is 1.31. The molecule has 20 heavy (non-hydrogen) atoms. The van der Waals surface area contributed by atoms with Crippen LogP contribution in [0.3, 0.4) is 0 Å². The maximum atomic E-state index is 12.3. The molecule has 0 bridgehead atoms. The van der Waals surface area contributed by atoms with Gasteiger partial charge in [-0.25, -0.2) is 4.79 Å². The SMILES string of the molecule is CN1C(=O)NCC(N2C(=O)c3ccccc3C2=O)C1=O. The summed E-state index contributed by atoms with van der Waals surface area (Å²) in [5, 5.41) is 2.48. The quantitative estimate of drug-likeness (QED) is 0.720. The highest BCUT2D eigenvalue weighted by Crippen LogP contribution is 2.25. The van der Waals surface area contributed by atoms with Gasteiger partial charge >= 0.3 is 6.03 Å². The molecule has 2 heterocycles. The van der Waals surface area contributed by atoms with E-state index in [1.165, 1.54) is 7.05 Å². The number of nitrogens with one attached hydrogen (secondary N) is 1. The molecule has 0 spiro atoms. The number of nitrogens with zero attached hydrogens (tertiary/aromatic N) is 2. The summed E-state index contributed by atoms with van der Waals surface area (Å²) in [5.74, 6) is -1.58. The molecule has 1 saturated heterocycles. The zero-order chi connectivity index (χ0) is 14.4. The zero-order valence-electron chi connectivity index (χ0n) is 10.6. The van der Waals surface area contributed by atoms with E-state index in [0.717, 1.165) is 9.80 Å². The first-order valence-corrected chi connectivity index (χ1v) is 6.04. The maximum Gasteiger partial charge on any atom is 0.323 e. The highest BCUT2D eigenvalue weighted by Gasteiger charge is 2.45. The topological polar surface area (TPSA) is 86.8 Å². The second-order valence-corrected chi connectivity index (χ2v) is 4.62. The molecule has 1 N–H and O–H groups in total. The summed E-state index contributed by atoms with van der Waals surface area (Å²) in [6, 6.07) is 4.87. The van der Waals surface area contributed by atoms with Crippen LogP contribution in [0.1, 0.15) is 20.7 Å². The van der Waals surface area contributed by atoms with E-state index in [9.17, 15) is 19.2 Å². The van der Waals surface area contributed by atoms with Gasteiger partial charge in [-0.05, 0) is 12.1 Å². The van der Waals surface area contributed by atoms with Crippen molar-refractivity contribution in [3.63, 3.8) is 0 Å². The largest absolute Gasteiger partial charge is 0.335 e. The Kier molecular flexibility index (Phi) is 2.56. The van der Waals surface area contributed by atoms with Crippen molar-refractivity contribution in [3.8, 4) is 0 Å². The van der Waals surface area contributed by atoms with Crippen molar-refractivity contribution in [2.75, 3.05) is 13.6 Å². The van der Waals surface area contributed by atoms with Gasteiger partial charge in [-0.3, -0.25) is 24.2 Å². The summed E-state index contributed by atoms with van der Waals surface area (Å²) < 4.78 is 0. The van der Waals surface area contributed by atoms with Crippen molar-refractivity contribution in [1.82, 2.24) is 15.1 Å². The second kappa shape index (κ2) is 4.16. The van der Waals surface area contributed by atoms with Gasteiger partial charge in [0.25, 0.3) is 17.7 Å². The number of likely N-dealkylation sites (N-methyl/N-ethyl adjacent to an activating group) is 1. The highest BCUT2D eigenvalue weighted by molar-refractivity contribution is 6.23. The molecule has 1 aromatic rings. The van der Waals surface area contributed by atoms with Crippen LogP contribution in [0.5, 0.6) is 0 Å². The Morgan fingerprint density at radius 3 is 2.15 bits per heavy atom. The van der Waals surface area contributed by atoms with Crippen molar-refractivity contribution >= 4 is 23.8 Å². The van der Waals surface area contributed by atoms with Crippen LogP contribution in [0.15, 0.2) is 24.3 Å². The van der Waals surface area contributed by atoms with Gasteiger partial charge in [0.05, 0.1) is 11.1 Å². The summed E-state index contributed by atoms with van der Waals surface area (Å²) >= 11 is 0. The van der Waals surface area contributed by atoms with E-state index in [4.69, 9.17) is 0 Å². The monoisotopic (exact) mass is 273 g/mol. The molecule has 1 aromatic carbocycles. The van der Waals surface area contributed by atoms with Gasteiger partial charge in [-0.15, -0.1) is 0 Å². The van der Waals surface area contributed by atoms with Crippen LogP contribution in [0.4, 0.5) is 4.79 Å². The molecule has 1 atom stereocenters. The van der Waals surface area contributed by atoms with Crippen LogP contribution in [-0.2, 0) is 4.79 Å². The third-order valence-electron chi connectivity index (χ3n) is 3.50. The minimum atomic E-state index is -0.995. The minimum absolute atomic E-state index is 0.0620. The minimum Gasteiger partial charge on any atom is -0.335 e. The van der Waals surface area contributed by atoms with E-state index in [1.54, 1.807) is 24.3 Å². The van der Waals surface area contributed by atoms with Crippen LogP contribution in [0, 0.1) is 0 Å². The predicted octanol–water partition coefficient (Wildman–Crippen LogP) is -0.167. The van der Waals surface area contributed by atoms with Gasteiger partial charge in [0.1, 0.15) is 6.04 Å². The molecule has 1 unspecified atom stereocenters. The first kappa shape index (κ1) is 12.3. The summed E-state index contributed by atoms with van der Waals surface area (Å²) in [6.45, 7) is -0.0620. The van der Waals surface area contributed by atoms with Gasteiger partial charge in [-0.2, -0.15) is 0 Å². The number of carbonyl (C=O) groups excluding carboxylic acids is 4. The van der Waals surface area contributed by atoms with Gasteiger partial charge in [0, 0.05) is 13.6 Å². The lowest BCUT2D eigenvalue weighted by Crippen LogP contribution is -2.62. The second-order valence-electron chi connectivity index (χ2n) is 4.62. The number of urea groups is 1. The summed E-state index contributed by atoms with van der Waals surface area (Å²) in [5.41, 5.74) is 0.565. The number of fused-ring (bicyclic) bond motifs is 1. The van der Waals surface area contributed by atoms with E-state index in [-0.39, 0.29) is 17.7 Å². The van der Waals surface area contributed by atoms with E-state index < -0.39 is 29.8 Å². The molecule has 1 fully saturated rings. The Balaban J connectivity index is 1.97. The Morgan fingerprint density at radius 2 is 1.60 bits per heavy atom. The van der Waals surface area contributed by atoms with Crippen molar-refractivity contribution in [2.24, 2.45) is 0 Å². The number of carbonyl (C=O) groups is 4. The normalized spacial score (nSPS) is 22.1. The zero-order valence-corrected chi connectivity index (χ0v) is 10.6. The molecular formula is C13H11N3O4. The lowest BCUT2D eigenvalue weighted by molar-refractivity contribution is -0.132. The average Bonchev–Trinajstić information content (AvgIpc) is 2.70. The molecule has 5 amide bonds. The van der Waals surface area contributed by atoms with Crippen LogP contribution in [-0.4, -0.2) is 53.2 Å². The first-order valence-electron chi connectivity index (χ1n) is 6.04. The molecule has 3 rings (SSSR count). The van der Waals surface area contributed by atoms with Crippen LogP contribution in [0.2, 0.25) is 0 Å². The molecule has 2 aliphatic rings. The fraction of sp³-hybridized carbons (Fsp3) is 0.231. The van der Waals surface area contributed by atoms with Gasteiger partial charge in [0.2, 0.25) is 0 Å². The third kappa shape index (κ3) is 1.52. The summed E-state index contributed by atoms with van der Waals surface area (Å²) in [6.07, 6.45) is 0. The van der Waals surface area contributed by atoms with Crippen LogP contribution >= 0.6 is 0 Å². The van der Waals surface area contributed by atoms with Crippen molar-refractivity contribution < 1.29 is 19.2 Å². The summed E-state index contributed by atoms with van der Waals surface area (Å²) in [4.78, 5) is 49.8. The number of hydrogen-bond donors (Lipinski definition) is 1. The van der Waals surface area contributed by atoms with Crippen LogP contribution < -0.4 is 5.32 Å². The van der Waals surface area contributed by atoms with Crippen molar-refractivity contribution in [1.29, 1.82) is 0 Å². The van der Waals surface area contributed by atoms with Crippen LogP contribution in [0.25, 0.3) is 0 Å². The average molecular weight is 273 g/mol. The van der Waals surface area contributed by atoms with Gasteiger partial charge in [0.15, 0.2) is 0 Å². The molecular weight excluding hydrogens is 262 g/mol. The smallest absolute Gasteiger partial charge is 0.323 e. The number of hydrogen-bond acceptors (Lipinski definition) is 4. The Labute approximate surface area is 114 Å². The van der Waals surface area contributed by atoms with E-state index >= 15 is 0 Å². The van der Waals surface area contributed by atoms with E-state index in [2.05, 4.69) is 5.32 Å². The van der Waals surface area contributed by atoms with E-state index in [1.807, 2.05) is 0 Å². The number of benzene rings is 1. The predicted molar refractivity (Wildman–Crippen MR) is 66.9 cm³/mol. The van der Waals surface area contributed by atoms with Gasteiger partial charge < -0.3 is 5.32 Å². The fourth-order valence-corrected chi connectivity index (χ4v) is 2.41. The molecule has 2 aliphatic heterocycles. The molecule has 0 saturated carbocycles. The maximum absolute atomic E-state index is 12.3. The lowest BCUT2D eigenvalue weighted by Gasteiger charge is -2.32. The van der Waals surface area contributed by atoms with Crippen molar-refractivity contribution in [2.45, 2.75) is 6.04 Å². The van der Waals surface area contributed by atoms with E-state index in [0.29, 0.717) is 0 Å². The highest BCUT2D eigenvalue weighted by atomic mass is 16.2. The van der Waals surface area contributed by atoms with Crippen molar-refractivity contribution in [3.05, 3.63) is 35.4 Å². The molecule has 0 aromatic heterocycles. The Hall–Kier alpha value is -2.70. The number of rotatable bonds is 1. The molecule has 7 nitrogen and oxygen atoms in total. The standard InChI is InChI=1S/C13H11N3O4/c1-15-12(19)9(6-14-13(15)20)16-10(17)7-4-2-3-5-8(7)11(16)18/h2-5,9H,6H2,1H3,(H,14,20). The number of amides is 5. The molecule has 0 aliphatic carbocycles. The number of imide groups is 2. The third-order valence-corrected chi connectivity index (χ3v) is 3.50. The first-order chi connectivity index (χ1) is 9.52. The molecule has 102 valence electrons. The van der Waals surface area contributed by atoms with Gasteiger partial charge in [-0.1, -0.05) is 12.1 Å².